The van der Waals surface area contributed by atoms with Crippen LogP contribution >= 0.6 is 22.7 Å². The number of thiophene rings is 2. The van der Waals surface area contributed by atoms with E-state index < -0.39 is 10.0 Å². The Morgan fingerprint density at radius 3 is 2.76 bits per heavy atom. The van der Waals surface area contributed by atoms with Crippen molar-refractivity contribution < 1.29 is 8.42 Å². The Bertz CT molecular complexity index is 544. The molecule has 1 atom stereocenters. The van der Waals surface area contributed by atoms with Crippen LogP contribution in [0.2, 0.25) is 0 Å². The molecular formula is C11H13NO2S3. The van der Waals surface area contributed by atoms with Gasteiger partial charge in [0.2, 0.25) is 10.0 Å². The summed E-state index contributed by atoms with van der Waals surface area (Å²) in [6, 6.07) is 5.37. The summed E-state index contributed by atoms with van der Waals surface area (Å²) >= 11 is 2.85. The van der Waals surface area contributed by atoms with Crippen LogP contribution in [0.5, 0.6) is 0 Å². The van der Waals surface area contributed by atoms with Gasteiger partial charge in [0, 0.05) is 6.54 Å². The summed E-state index contributed by atoms with van der Waals surface area (Å²) in [6.07, 6.45) is 0. The number of rotatable bonds is 5. The summed E-state index contributed by atoms with van der Waals surface area (Å²) in [7, 11) is -3.33. The number of hydrogen-bond acceptors (Lipinski definition) is 4. The van der Waals surface area contributed by atoms with Crippen molar-refractivity contribution >= 4 is 32.7 Å². The average molecular weight is 287 g/mol. The minimum absolute atomic E-state index is 0.191. The Hall–Kier alpha value is -0.690. The molecule has 2 heterocycles. The maximum absolute atomic E-state index is 11.9. The molecule has 92 valence electrons. The highest BCUT2D eigenvalue weighted by Crippen LogP contribution is 2.19. The lowest BCUT2D eigenvalue weighted by Crippen LogP contribution is -2.26. The highest BCUT2D eigenvalue weighted by molar-refractivity contribution is 7.91. The molecule has 6 heteroatoms. The van der Waals surface area contributed by atoms with Crippen molar-refractivity contribution in [3.63, 3.8) is 0 Å². The zero-order valence-corrected chi connectivity index (χ0v) is 11.7. The molecule has 0 aromatic carbocycles. The molecule has 0 radical (unpaired) electrons. The first-order valence-electron chi connectivity index (χ1n) is 5.15. The second-order valence-corrected chi connectivity index (χ2v) is 7.46. The highest BCUT2D eigenvalue weighted by atomic mass is 32.2. The van der Waals surface area contributed by atoms with Gasteiger partial charge in [-0.3, -0.25) is 0 Å². The van der Waals surface area contributed by atoms with Gasteiger partial charge in [0.1, 0.15) is 4.21 Å². The number of sulfonamides is 1. The molecule has 0 fully saturated rings. The van der Waals surface area contributed by atoms with Crippen LogP contribution in [0.4, 0.5) is 0 Å². The van der Waals surface area contributed by atoms with Gasteiger partial charge in [-0.15, -0.1) is 11.3 Å². The van der Waals surface area contributed by atoms with Crippen LogP contribution in [0.1, 0.15) is 18.4 Å². The fourth-order valence-corrected chi connectivity index (χ4v) is 4.35. The quantitative estimate of drug-likeness (QED) is 0.919. The highest BCUT2D eigenvalue weighted by Gasteiger charge is 2.16. The van der Waals surface area contributed by atoms with Crippen molar-refractivity contribution in [2.45, 2.75) is 17.1 Å². The van der Waals surface area contributed by atoms with Crippen LogP contribution in [-0.4, -0.2) is 15.0 Å². The third-order valence-electron chi connectivity index (χ3n) is 2.45. The normalized spacial score (nSPS) is 13.7. The molecule has 1 N–H and O–H groups in total. The molecule has 2 aromatic heterocycles. The summed E-state index contributed by atoms with van der Waals surface area (Å²) in [5.74, 6) is 0.191. The zero-order valence-electron chi connectivity index (χ0n) is 9.29. The molecule has 2 rings (SSSR count). The van der Waals surface area contributed by atoms with Gasteiger partial charge in [-0.1, -0.05) is 13.0 Å². The number of hydrogen-bond donors (Lipinski definition) is 1. The molecule has 0 aliphatic carbocycles. The van der Waals surface area contributed by atoms with E-state index >= 15 is 0 Å². The predicted molar refractivity (Wildman–Crippen MR) is 72.2 cm³/mol. The van der Waals surface area contributed by atoms with E-state index in [2.05, 4.69) is 4.72 Å². The molecule has 0 spiro atoms. The van der Waals surface area contributed by atoms with Gasteiger partial charge in [-0.2, -0.15) is 11.3 Å². The largest absolute Gasteiger partial charge is 0.250 e. The summed E-state index contributed by atoms with van der Waals surface area (Å²) < 4.78 is 26.7. The van der Waals surface area contributed by atoms with Crippen molar-refractivity contribution in [3.8, 4) is 0 Å². The van der Waals surface area contributed by atoms with Crippen molar-refractivity contribution in [1.29, 1.82) is 0 Å². The topological polar surface area (TPSA) is 46.2 Å². The monoisotopic (exact) mass is 287 g/mol. The average Bonchev–Trinajstić information content (AvgIpc) is 2.97. The lowest BCUT2D eigenvalue weighted by atomic mass is 10.1. The first-order chi connectivity index (χ1) is 8.09. The van der Waals surface area contributed by atoms with Crippen molar-refractivity contribution in [2.24, 2.45) is 0 Å². The van der Waals surface area contributed by atoms with E-state index in [9.17, 15) is 8.42 Å². The molecule has 0 saturated carbocycles. The fourth-order valence-electron chi connectivity index (χ4n) is 1.40. The summed E-state index contributed by atoms with van der Waals surface area (Å²) in [5, 5.41) is 5.81. The first-order valence-corrected chi connectivity index (χ1v) is 8.45. The van der Waals surface area contributed by atoms with Gasteiger partial charge in [-0.25, -0.2) is 13.1 Å². The van der Waals surface area contributed by atoms with E-state index in [0.717, 1.165) is 0 Å². The zero-order chi connectivity index (χ0) is 12.3. The van der Waals surface area contributed by atoms with Crippen LogP contribution in [-0.2, 0) is 10.0 Å². The first kappa shape index (κ1) is 12.8. The molecule has 2 aromatic rings. The molecule has 3 nitrogen and oxygen atoms in total. The Balaban J connectivity index is 1.99. The van der Waals surface area contributed by atoms with E-state index in [-0.39, 0.29) is 5.92 Å². The second kappa shape index (κ2) is 5.30. The van der Waals surface area contributed by atoms with E-state index in [1.165, 1.54) is 16.9 Å². The third kappa shape index (κ3) is 3.16. The standard InChI is InChI=1S/C11H13NO2S3/c1-9(10-4-6-15-8-10)7-12-17(13,14)11-3-2-5-16-11/h2-6,8-9,12H,7H2,1H3/t9-/m1/s1. The molecule has 0 aliphatic rings. The van der Waals surface area contributed by atoms with Crippen LogP contribution in [0, 0.1) is 0 Å². The Morgan fingerprint density at radius 2 is 2.18 bits per heavy atom. The van der Waals surface area contributed by atoms with Gasteiger partial charge in [0.15, 0.2) is 0 Å². The third-order valence-corrected chi connectivity index (χ3v) is 5.97. The van der Waals surface area contributed by atoms with Crippen molar-refractivity contribution in [1.82, 2.24) is 4.72 Å². The lowest BCUT2D eigenvalue weighted by molar-refractivity contribution is 0.577. The second-order valence-electron chi connectivity index (χ2n) is 3.74. The Morgan fingerprint density at radius 1 is 1.35 bits per heavy atom. The molecule has 0 unspecified atom stereocenters. The molecule has 0 bridgehead atoms. The van der Waals surface area contributed by atoms with E-state index in [4.69, 9.17) is 0 Å². The summed E-state index contributed by atoms with van der Waals surface area (Å²) in [6.45, 7) is 2.44. The van der Waals surface area contributed by atoms with Crippen LogP contribution in [0.3, 0.4) is 0 Å². The maximum atomic E-state index is 11.9. The van der Waals surface area contributed by atoms with Crippen LogP contribution in [0.15, 0.2) is 38.5 Å². The van der Waals surface area contributed by atoms with Crippen LogP contribution < -0.4 is 4.72 Å². The van der Waals surface area contributed by atoms with Crippen molar-refractivity contribution in [3.05, 3.63) is 39.9 Å². The van der Waals surface area contributed by atoms with Gasteiger partial charge < -0.3 is 0 Å². The molecule has 0 aliphatic heterocycles. The predicted octanol–water partition coefficient (Wildman–Crippen LogP) is 2.89. The SMILES string of the molecule is C[C@H](CNS(=O)(=O)c1cccs1)c1ccsc1. The van der Waals surface area contributed by atoms with E-state index in [1.807, 2.05) is 23.8 Å². The lowest BCUT2D eigenvalue weighted by Gasteiger charge is -2.10. The molecule has 17 heavy (non-hydrogen) atoms. The minimum atomic E-state index is -3.33. The van der Waals surface area contributed by atoms with E-state index in [0.29, 0.717) is 10.8 Å². The molecular weight excluding hydrogens is 274 g/mol. The molecule has 0 amide bonds. The fraction of sp³-hybridized carbons (Fsp3) is 0.273. The molecule has 0 saturated heterocycles. The van der Waals surface area contributed by atoms with Crippen molar-refractivity contribution in [2.75, 3.05) is 6.54 Å². The number of nitrogens with one attached hydrogen (secondary N) is 1. The summed E-state index contributed by atoms with van der Waals surface area (Å²) in [4.78, 5) is 0. The maximum Gasteiger partial charge on any atom is 0.250 e. The smallest absolute Gasteiger partial charge is 0.210 e. The van der Waals surface area contributed by atoms with Gasteiger partial charge >= 0.3 is 0 Å². The van der Waals surface area contributed by atoms with Crippen LogP contribution in [0.25, 0.3) is 0 Å². The Labute approximate surface area is 109 Å². The van der Waals surface area contributed by atoms with Gasteiger partial charge in [-0.05, 0) is 39.8 Å². The summed E-state index contributed by atoms with van der Waals surface area (Å²) in [5.41, 5.74) is 1.17. The Kier molecular flexibility index (Phi) is 3.98. The van der Waals surface area contributed by atoms with E-state index in [1.54, 1.807) is 28.8 Å². The van der Waals surface area contributed by atoms with Gasteiger partial charge in [0.05, 0.1) is 0 Å². The van der Waals surface area contributed by atoms with Gasteiger partial charge in [0.25, 0.3) is 0 Å². The minimum Gasteiger partial charge on any atom is -0.210 e.